The molecule has 10 heavy (non-hydrogen) atoms. The van der Waals surface area contributed by atoms with Crippen molar-refractivity contribution in [2.75, 3.05) is 0 Å². The summed E-state index contributed by atoms with van der Waals surface area (Å²) in [6.45, 7) is 0. The molecule has 2 aliphatic rings. The molecule has 0 aromatic carbocycles. The molecule has 1 saturated heterocycles. The minimum Gasteiger partial charge on any atom is -0.334 e. The van der Waals surface area contributed by atoms with Crippen LogP contribution in [0.25, 0.3) is 0 Å². The second-order valence-electron chi connectivity index (χ2n) is 2.96. The van der Waals surface area contributed by atoms with Crippen molar-refractivity contribution >= 4 is 0 Å². The number of hydrogen-bond acceptors (Lipinski definition) is 1. The Bertz CT molecular complexity index is 168. The molecule has 0 amide bonds. The molecule has 0 N–H and O–H groups in total. The molecule has 2 atom stereocenters. The SMILES string of the molecule is FC1(F)CCC2OC2(F)C1. The Morgan fingerprint density at radius 1 is 1.30 bits per heavy atom. The lowest BCUT2D eigenvalue weighted by Gasteiger charge is -2.19. The average Bonchev–Trinajstić information content (AvgIpc) is 2.35. The first kappa shape index (κ1) is 6.46. The Morgan fingerprint density at radius 3 is 2.50 bits per heavy atom. The zero-order valence-electron chi connectivity index (χ0n) is 5.24. The Balaban J connectivity index is 2.09. The van der Waals surface area contributed by atoms with Gasteiger partial charge in [0.25, 0.3) is 5.92 Å². The Labute approximate surface area is 56.2 Å². The van der Waals surface area contributed by atoms with Gasteiger partial charge in [-0.1, -0.05) is 0 Å². The van der Waals surface area contributed by atoms with Crippen molar-refractivity contribution < 1.29 is 17.9 Å². The minimum absolute atomic E-state index is 0.156. The molecule has 0 aromatic heterocycles. The van der Waals surface area contributed by atoms with E-state index in [0.29, 0.717) is 0 Å². The fraction of sp³-hybridized carbons (Fsp3) is 1.00. The van der Waals surface area contributed by atoms with Crippen LogP contribution in [0.3, 0.4) is 0 Å². The predicted molar refractivity (Wildman–Crippen MR) is 27.5 cm³/mol. The first-order valence-electron chi connectivity index (χ1n) is 3.26. The topological polar surface area (TPSA) is 12.5 Å². The van der Waals surface area contributed by atoms with Gasteiger partial charge in [0.15, 0.2) is 0 Å². The van der Waals surface area contributed by atoms with E-state index in [1.54, 1.807) is 0 Å². The lowest BCUT2D eigenvalue weighted by Crippen LogP contribution is -2.30. The van der Waals surface area contributed by atoms with E-state index < -0.39 is 24.3 Å². The highest BCUT2D eigenvalue weighted by Crippen LogP contribution is 2.53. The van der Waals surface area contributed by atoms with E-state index in [0.717, 1.165) is 0 Å². The molecule has 1 saturated carbocycles. The van der Waals surface area contributed by atoms with Crippen LogP contribution in [-0.4, -0.2) is 17.9 Å². The van der Waals surface area contributed by atoms with Crippen LogP contribution in [0, 0.1) is 0 Å². The van der Waals surface area contributed by atoms with Crippen molar-refractivity contribution in [1.29, 1.82) is 0 Å². The van der Waals surface area contributed by atoms with Crippen LogP contribution in [0.4, 0.5) is 13.2 Å². The second-order valence-corrected chi connectivity index (χ2v) is 2.96. The van der Waals surface area contributed by atoms with Crippen LogP contribution < -0.4 is 0 Å². The molecule has 2 fully saturated rings. The fourth-order valence-corrected chi connectivity index (χ4v) is 1.42. The van der Waals surface area contributed by atoms with Crippen molar-refractivity contribution in [1.82, 2.24) is 0 Å². The fourth-order valence-electron chi connectivity index (χ4n) is 1.42. The Kier molecular flexibility index (Phi) is 0.966. The number of rotatable bonds is 0. The maximum absolute atomic E-state index is 12.7. The molecule has 58 valence electrons. The molecule has 0 bridgehead atoms. The number of halogens is 3. The van der Waals surface area contributed by atoms with Crippen LogP contribution >= 0.6 is 0 Å². The summed E-state index contributed by atoms with van der Waals surface area (Å²) in [5.74, 6) is -4.82. The number of fused-ring (bicyclic) bond motifs is 1. The van der Waals surface area contributed by atoms with Gasteiger partial charge in [-0.2, -0.15) is 0 Å². The normalized spacial score (nSPS) is 50.1. The minimum atomic E-state index is -2.85. The van der Waals surface area contributed by atoms with E-state index in [4.69, 9.17) is 0 Å². The molecule has 4 heteroatoms. The molecule has 0 radical (unpaired) electrons. The lowest BCUT2D eigenvalue weighted by molar-refractivity contribution is -0.0689. The summed E-state index contributed by atoms with van der Waals surface area (Å²) in [7, 11) is 0. The second kappa shape index (κ2) is 1.49. The summed E-state index contributed by atoms with van der Waals surface area (Å²) in [6, 6.07) is 0. The van der Waals surface area contributed by atoms with Gasteiger partial charge in [0.2, 0.25) is 5.85 Å². The summed E-state index contributed by atoms with van der Waals surface area (Å²) >= 11 is 0. The van der Waals surface area contributed by atoms with Crippen LogP contribution in [0.1, 0.15) is 19.3 Å². The van der Waals surface area contributed by atoms with Crippen molar-refractivity contribution in [3.8, 4) is 0 Å². The van der Waals surface area contributed by atoms with E-state index >= 15 is 0 Å². The molecule has 1 aliphatic heterocycles. The molecule has 0 aromatic rings. The van der Waals surface area contributed by atoms with Gasteiger partial charge in [-0.05, 0) is 6.42 Å². The number of hydrogen-bond donors (Lipinski definition) is 0. The number of epoxide rings is 1. The van der Waals surface area contributed by atoms with Gasteiger partial charge in [-0.3, -0.25) is 0 Å². The standard InChI is InChI=1S/C6H7F3O/c7-5(8)2-1-4-6(9,3-5)10-4/h4H,1-3H2. The van der Waals surface area contributed by atoms with Gasteiger partial charge in [0.1, 0.15) is 6.10 Å². The molecule has 2 unspecified atom stereocenters. The zero-order valence-corrected chi connectivity index (χ0v) is 5.24. The number of alkyl halides is 3. The van der Waals surface area contributed by atoms with Crippen molar-refractivity contribution in [3.05, 3.63) is 0 Å². The van der Waals surface area contributed by atoms with E-state index in [1.165, 1.54) is 0 Å². The van der Waals surface area contributed by atoms with Crippen LogP contribution in [0.5, 0.6) is 0 Å². The molecule has 1 heterocycles. The first-order valence-corrected chi connectivity index (χ1v) is 3.26. The molecule has 1 nitrogen and oxygen atoms in total. The average molecular weight is 152 g/mol. The molecule has 0 spiro atoms. The summed E-state index contributed by atoms with van der Waals surface area (Å²) in [5.41, 5.74) is 0. The molecule has 1 aliphatic carbocycles. The third-order valence-electron chi connectivity index (χ3n) is 2.03. The first-order chi connectivity index (χ1) is 4.52. The smallest absolute Gasteiger partial charge is 0.253 e. The van der Waals surface area contributed by atoms with Crippen molar-refractivity contribution in [2.24, 2.45) is 0 Å². The molecular weight excluding hydrogens is 145 g/mol. The van der Waals surface area contributed by atoms with Crippen LogP contribution in [-0.2, 0) is 4.74 Å². The van der Waals surface area contributed by atoms with E-state index in [9.17, 15) is 13.2 Å². The lowest BCUT2D eigenvalue weighted by atomic mass is 9.95. The highest BCUT2D eigenvalue weighted by atomic mass is 19.3. The van der Waals surface area contributed by atoms with Crippen LogP contribution in [0.2, 0.25) is 0 Å². The highest BCUT2D eigenvalue weighted by molar-refractivity contribution is 5.01. The Hall–Kier alpha value is -0.250. The monoisotopic (exact) mass is 152 g/mol. The third kappa shape index (κ3) is 0.820. The van der Waals surface area contributed by atoms with Crippen molar-refractivity contribution in [2.45, 2.75) is 37.1 Å². The van der Waals surface area contributed by atoms with Gasteiger partial charge in [0.05, 0.1) is 6.42 Å². The summed E-state index contributed by atoms with van der Waals surface area (Å²) in [5, 5.41) is 0. The van der Waals surface area contributed by atoms with Gasteiger partial charge < -0.3 is 4.74 Å². The molecular formula is C6H7F3O. The maximum Gasteiger partial charge on any atom is 0.253 e. The van der Waals surface area contributed by atoms with E-state index in [1.807, 2.05) is 0 Å². The van der Waals surface area contributed by atoms with Crippen LogP contribution in [0.15, 0.2) is 0 Å². The maximum atomic E-state index is 12.7. The third-order valence-corrected chi connectivity index (χ3v) is 2.03. The van der Waals surface area contributed by atoms with Gasteiger partial charge in [0, 0.05) is 6.42 Å². The summed E-state index contributed by atoms with van der Waals surface area (Å²) in [6.07, 6.45) is -1.36. The largest absolute Gasteiger partial charge is 0.334 e. The predicted octanol–water partition coefficient (Wildman–Crippen LogP) is 1.87. The van der Waals surface area contributed by atoms with Gasteiger partial charge >= 0.3 is 0 Å². The van der Waals surface area contributed by atoms with Gasteiger partial charge in [-0.15, -0.1) is 0 Å². The van der Waals surface area contributed by atoms with E-state index in [2.05, 4.69) is 4.74 Å². The zero-order chi connectivity index (χ0) is 7.41. The summed E-state index contributed by atoms with van der Waals surface area (Å²) in [4.78, 5) is 0. The van der Waals surface area contributed by atoms with E-state index in [-0.39, 0.29) is 12.8 Å². The van der Waals surface area contributed by atoms with Crippen molar-refractivity contribution in [3.63, 3.8) is 0 Å². The number of ether oxygens (including phenoxy) is 1. The summed E-state index contributed by atoms with van der Waals surface area (Å²) < 4.78 is 42.0. The van der Waals surface area contributed by atoms with Gasteiger partial charge in [-0.25, -0.2) is 13.2 Å². The Morgan fingerprint density at radius 2 is 2.00 bits per heavy atom. The highest BCUT2D eigenvalue weighted by Gasteiger charge is 2.65. The molecule has 2 rings (SSSR count). The quantitative estimate of drug-likeness (QED) is 0.483.